The van der Waals surface area contributed by atoms with Crippen molar-refractivity contribution in [2.24, 2.45) is 10.8 Å². The second-order valence-electron chi connectivity index (χ2n) is 14.3. The van der Waals surface area contributed by atoms with Crippen LogP contribution in [0.4, 0.5) is 0 Å². The van der Waals surface area contributed by atoms with E-state index < -0.39 is 5.41 Å². The van der Waals surface area contributed by atoms with E-state index in [1.807, 2.05) is 96.3 Å². The standard InChI is InChI=1S/C23H13N2.C11H8N.C11H20O2.Ir/c1-2-7-15(8-3-1)25-19-12-6-11-17-16-9-4-5-10-18(16)23-22(21(17)19)20(25)13-14-24-23;1-2-6-10(7-3-1)11-8-4-5-9-12-11;1-10(2,3)8(12)7-9(13)11(4,5)6;/h1-9,11-14H;1-6,8-9H;7,12H,1-6H3;/q2*-1;;/b;;8-7-;. The fourth-order valence-electron chi connectivity index (χ4n) is 5.76. The van der Waals surface area contributed by atoms with Crippen LogP contribution in [0.15, 0.2) is 139 Å². The maximum absolute atomic E-state index is 11.5. The number of aliphatic hydroxyl groups is 1. The number of hydrogen-bond donors (Lipinski definition) is 1. The van der Waals surface area contributed by atoms with Crippen LogP contribution >= 0.6 is 0 Å². The summed E-state index contributed by atoms with van der Waals surface area (Å²) in [5.74, 6) is 0.104. The second-order valence-corrected chi connectivity index (χ2v) is 14.3. The van der Waals surface area contributed by atoms with Crippen LogP contribution in [-0.2, 0) is 24.9 Å². The van der Waals surface area contributed by atoms with Gasteiger partial charge in [0.15, 0.2) is 5.78 Å². The molecule has 0 aliphatic heterocycles. The fraction of sp³-hybridized carbons (Fsp3) is 0.178. The van der Waals surface area contributed by atoms with E-state index in [0.717, 1.165) is 22.2 Å². The van der Waals surface area contributed by atoms with Crippen LogP contribution in [0.25, 0.3) is 60.4 Å². The molecule has 0 saturated heterocycles. The zero-order valence-electron chi connectivity index (χ0n) is 29.7. The minimum absolute atomic E-state index is 0. The second kappa shape index (κ2) is 15.4. The Balaban J connectivity index is 0.000000165. The van der Waals surface area contributed by atoms with Gasteiger partial charge in [0.05, 0.1) is 5.52 Å². The van der Waals surface area contributed by atoms with Crippen LogP contribution < -0.4 is 0 Å². The van der Waals surface area contributed by atoms with Crippen LogP contribution in [0, 0.1) is 23.0 Å². The fourth-order valence-corrected chi connectivity index (χ4v) is 5.76. The van der Waals surface area contributed by atoms with Gasteiger partial charge in [-0.3, -0.25) is 4.79 Å². The van der Waals surface area contributed by atoms with Gasteiger partial charge in [0.25, 0.3) is 0 Å². The van der Waals surface area contributed by atoms with E-state index in [1.165, 1.54) is 44.3 Å². The van der Waals surface area contributed by atoms with Gasteiger partial charge in [0.1, 0.15) is 5.76 Å². The molecular formula is C45H41IrN3O2-2. The third-order valence-corrected chi connectivity index (χ3v) is 8.53. The topological polar surface area (TPSA) is 68.0 Å². The third kappa shape index (κ3) is 7.93. The van der Waals surface area contributed by atoms with Crippen LogP contribution in [-0.4, -0.2) is 25.4 Å². The summed E-state index contributed by atoms with van der Waals surface area (Å²) in [6.07, 6.45) is 5.03. The predicted octanol–water partition coefficient (Wildman–Crippen LogP) is 11.4. The van der Waals surface area contributed by atoms with Crippen molar-refractivity contribution >= 4 is 49.3 Å². The van der Waals surface area contributed by atoms with Gasteiger partial charge in [0, 0.05) is 60.6 Å². The van der Waals surface area contributed by atoms with Gasteiger partial charge < -0.3 is 19.6 Å². The Kier molecular flexibility index (Phi) is 11.2. The average molecular weight is 848 g/mol. The number of nitrogens with zero attached hydrogens (tertiary/aromatic N) is 3. The molecule has 0 fully saturated rings. The molecule has 51 heavy (non-hydrogen) atoms. The van der Waals surface area contributed by atoms with E-state index in [2.05, 4.69) is 88.4 Å². The van der Waals surface area contributed by atoms with Gasteiger partial charge in [-0.2, -0.15) is 0 Å². The van der Waals surface area contributed by atoms with Crippen LogP contribution in [0.2, 0.25) is 0 Å². The molecule has 8 rings (SSSR count). The van der Waals surface area contributed by atoms with E-state index in [9.17, 15) is 9.90 Å². The molecule has 0 aliphatic carbocycles. The number of ketones is 1. The molecule has 8 aromatic rings. The van der Waals surface area contributed by atoms with Crippen molar-refractivity contribution in [1.82, 2.24) is 14.5 Å². The minimum Gasteiger partial charge on any atom is -0.512 e. The SMILES string of the molecule is CC(C)(C)C(=O)/C=C(\O)C(C)(C)C.[Ir].[c-]1cccc2c1c1nccc3c1c1c2cccc1n3-c1ccccc1.[c-]1ccccc1-c1ccccn1. The number of allylic oxidation sites excluding steroid dienone is 2. The molecule has 0 spiro atoms. The van der Waals surface area contributed by atoms with Crippen LogP contribution in [0.1, 0.15) is 41.5 Å². The molecule has 0 aliphatic rings. The molecule has 259 valence electrons. The molecule has 0 atom stereocenters. The molecule has 0 saturated carbocycles. The van der Waals surface area contributed by atoms with Crippen molar-refractivity contribution < 1.29 is 30.0 Å². The number of carbonyl (C=O) groups is 1. The Morgan fingerprint density at radius 3 is 2.02 bits per heavy atom. The third-order valence-electron chi connectivity index (χ3n) is 8.53. The van der Waals surface area contributed by atoms with Gasteiger partial charge in [-0.15, -0.1) is 65.5 Å². The summed E-state index contributed by atoms with van der Waals surface area (Å²) < 4.78 is 2.34. The van der Waals surface area contributed by atoms with E-state index in [4.69, 9.17) is 4.98 Å². The molecule has 1 radical (unpaired) electrons. The smallest absolute Gasteiger partial charge is 0.164 e. The van der Waals surface area contributed by atoms with Crippen LogP contribution in [0.3, 0.4) is 0 Å². The van der Waals surface area contributed by atoms with Gasteiger partial charge in [-0.05, 0) is 52.3 Å². The van der Waals surface area contributed by atoms with E-state index in [1.54, 1.807) is 6.20 Å². The average Bonchev–Trinajstić information content (AvgIpc) is 3.47. The largest absolute Gasteiger partial charge is 0.512 e. The summed E-state index contributed by atoms with van der Waals surface area (Å²) in [4.78, 5) is 20.4. The number of aromatic nitrogens is 3. The zero-order chi connectivity index (χ0) is 35.5. The summed E-state index contributed by atoms with van der Waals surface area (Å²) in [7, 11) is 0. The van der Waals surface area contributed by atoms with Gasteiger partial charge in [-0.1, -0.05) is 94.8 Å². The monoisotopic (exact) mass is 848 g/mol. The Morgan fingerprint density at radius 1 is 0.667 bits per heavy atom. The maximum atomic E-state index is 11.5. The van der Waals surface area contributed by atoms with E-state index >= 15 is 0 Å². The number of para-hydroxylation sites is 1. The summed E-state index contributed by atoms with van der Waals surface area (Å²) in [5.41, 5.74) is 5.87. The number of hydrogen-bond acceptors (Lipinski definition) is 4. The van der Waals surface area contributed by atoms with Crippen molar-refractivity contribution in [3.05, 3.63) is 152 Å². The van der Waals surface area contributed by atoms with Crippen molar-refractivity contribution in [2.75, 3.05) is 0 Å². The van der Waals surface area contributed by atoms with Gasteiger partial charge in [0.2, 0.25) is 0 Å². The number of pyridine rings is 2. The number of fused-ring (bicyclic) bond motifs is 3. The first-order valence-electron chi connectivity index (χ1n) is 16.8. The number of carbonyl (C=O) groups excluding carboxylic acids is 1. The maximum Gasteiger partial charge on any atom is 0.164 e. The normalized spacial score (nSPS) is 11.8. The quantitative estimate of drug-likeness (QED) is 0.0832. The molecule has 0 amide bonds. The zero-order valence-corrected chi connectivity index (χ0v) is 32.1. The molecular weight excluding hydrogens is 807 g/mol. The summed E-state index contributed by atoms with van der Waals surface area (Å²) in [6, 6.07) is 45.6. The Labute approximate surface area is 313 Å². The molecule has 1 N–H and O–H groups in total. The first kappa shape index (κ1) is 37.1. The van der Waals surface area contributed by atoms with E-state index in [-0.39, 0.29) is 37.1 Å². The number of aliphatic hydroxyl groups excluding tert-OH is 1. The van der Waals surface area contributed by atoms with Gasteiger partial charge >= 0.3 is 0 Å². The molecule has 6 heteroatoms. The molecule has 5 nitrogen and oxygen atoms in total. The number of rotatable bonds is 3. The predicted molar refractivity (Wildman–Crippen MR) is 207 cm³/mol. The molecule has 5 aromatic carbocycles. The van der Waals surface area contributed by atoms with Crippen LogP contribution in [0.5, 0.6) is 0 Å². The van der Waals surface area contributed by atoms with Crippen molar-refractivity contribution in [2.45, 2.75) is 41.5 Å². The number of benzene rings is 5. The van der Waals surface area contributed by atoms with Gasteiger partial charge in [-0.25, -0.2) is 0 Å². The Bertz CT molecular complexity index is 2280. The summed E-state index contributed by atoms with van der Waals surface area (Å²) in [5, 5.41) is 15.7. The molecule has 3 aromatic heterocycles. The summed E-state index contributed by atoms with van der Waals surface area (Å²) in [6.45, 7) is 11.1. The Morgan fingerprint density at radius 2 is 1.35 bits per heavy atom. The molecule has 0 bridgehead atoms. The first-order valence-corrected chi connectivity index (χ1v) is 16.8. The molecule has 0 unspecified atom stereocenters. The minimum atomic E-state index is -0.417. The first-order chi connectivity index (χ1) is 23.9. The van der Waals surface area contributed by atoms with Crippen molar-refractivity contribution in [1.29, 1.82) is 0 Å². The van der Waals surface area contributed by atoms with Crippen molar-refractivity contribution in [3.63, 3.8) is 0 Å². The Hall–Kier alpha value is -5.16. The summed E-state index contributed by atoms with van der Waals surface area (Å²) >= 11 is 0. The molecule has 3 heterocycles. The van der Waals surface area contributed by atoms with Crippen molar-refractivity contribution in [3.8, 4) is 16.9 Å². The van der Waals surface area contributed by atoms with E-state index in [0.29, 0.717) is 0 Å².